The number of para-hydroxylation sites is 1. The van der Waals surface area contributed by atoms with Crippen LogP contribution in [0, 0.1) is 0 Å². The van der Waals surface area contributed by atoms with Gasteiger partial charge in [-0.15, -0.1) is 0 Å². The van der Waals surface area contributed by atoms with Crippen molar-refractivity contribution < 1.29 is 21.6 Å². The summed E-state index contributed by atoms with van der Waals surface area (Å²) < 4.78 is 48.1. The summed E-state index contributed by atoms with van der Waals surface area (Å²) in [5.74, 6) is -0.0135. The highest BCUT2D eigenvalue weighted by Gasteiger charge is 2.24. The predicted molar refractivity (Wildman–Crippen MR) is 125 cm³/mol. The third kappa shape index (κ3) is 4.79. The average Bonchev–Trinajstić information content (AvgIpc) is 3.17. The number of hydrogen-bond donors (Lipinski definition) is 0. The number of sulfone groups is 2. The molecule has 1 aromatic heterocycles. The van der Waals surface area contributed by atoms with E-state index in [0.29, 0.717) is 31.7 Å². The number of thiazole rings is 1. The second-order valence-electron chi connectivity index (χ2n) is 7.83. The Morgan fingerprint density at radius 3 is 2.19 bits per heavy atom. The third-order valence-electron chi connectivity index (χ3n) is 5.38. The van der Waals surface area contributed by atoms with Crippen molar-refractivity contribution in [2.45, 2.75) is 16.2 Å². The number of carbonyl (C=O) groups excluding carboxylic acids is 1. The van der Waals surface area contributed by atoms with Crippen molar-refractivity contribution >= 4 is 52.3 Å². The smallest absolute Gasteiger partial charge is 0.227 e. The molecule has 3 aromatic rings. The van der Waals surface area contributed by atoms with E-state index in [9.17, 15) is 21.6 Å². The van der Waals surface area contributed by atoms with Crippen LogP contribution in [0.25, 0.3) is 10.2 Å². The quantitative estimate of drug-likeness (QED) is 0.535. The topological polar surface area (TPSA) is 105 Å². The first kappa shape index (κ1) is 22.7. The molecule has 2 heterocycles. The van der Waals surface area contributed by atoms with E-state index in [0.717, 1.165) is 21.7 Å². The minimum absolute atomic E-state index is 0.0135. The monoisotopic (exact) mass is 493 g/mol. The lowest BCUT2D eigenvalue weighted by Gasteiger charge is -2.34. The molecule has 1 fully saturated rings. The lowest BCUT2D eigenvalue weighted by atomic mass is 10.1. The maximum absolute atomic E-state index is 12.7. The SMILES string of the molecule is CS(=O)(=O)c1ccc(CC(=O)N2CCN(c3nc4c(S(C)(=O)=O)cccc4s3)CC2)cc1. The van der Waals surface area contributed by atoms with Gasteiger partial charge >= 0.3 is 0 Å². The van der Waals surface area contributed by atoms with Gasteiger partial charge in [0.15, 0.2) is 24.8 Å². The highest BCUT2D eigenvalue weighted by molar-refractivity contribution is 7.91. The second-order valence-corrected chi connectivity index (χ2v) is 12.8. The first-order valence-electron chi connectivity index (χ1n) is 9.94. The molecule has 1 saturated heterocycles. The largest absolute Gasteiger partial charge is 0.345 e. The van der Waals surface area contributed by atoms with Crippen molar-refractivity contribution in [3.8, 4) is 0 Å². The molecule has 11 heteroatoms. The average molecular weight is 494 g/mol. The van der Waals surface area contributed by atoms with Gasteiger partial charge in [0.1, 0.15) is 5.52 Å². The van der Waals surface area contributed by atoms with Gasteiger partial charge in [-0.3, -0.25) is 4.79 Å². The predicted octanol–water partition coefficient (Wildman–Crippen LogP) is 1.99. The Hall–Kier alpha value is -2.50. The number of amides is 1. The van der Waals surface area contributed by atoms with Crippen LogP contribution in [0.1, 0.15) is 5.56 Å². The van der Waals surface area contributed by atoms with Crippen molar-refractivity contribution in [2.24, 2.45) is 0 Å². The molecular formula is C21H23N3O5S3. The summed E-state index contributed by atoms with van der Waals surface area (Å²) in [4.78, 5) is 21.6. The molecule has 0 atom stereocenters. The Morgan fingerprint density at radius 2 is 1.59 bits per heavy atom. The molecule has 32 heavy (non-hydrogen) atoms. The summed E-state index contributed by atoms with van der Waals surface area (Å²) in [5, 5.41) is 0.750. The fourth-order valence-electron chi connectivity index (χ4n) is 3.63. The number of benzene rings is 2. The fraction of sp³-hybridized carbons (Fsp3) is 0.333. The van der Waals surface area contributed by atoms with Gasteiger partial charge < -0.3 is 9.80 Å². The van der Waals surface area contributed by atoms with Crippen LogP contribution in [-0.4, -0.2) is 71.3 Å². The van der Waals surface area contributed by atoms with Gasteiger partial charge in [-0.1, -0.05) is 29.5 Å². The van der Waals surface area contributed by atoms with Crippen molar-refractivity contribution in [2.75, 3.05) is 43.6 Å². The van der Waals surface area contributed by atoms with Crippen molar-refractivity contribution in [3.05, 3.63) is 48.0 Å². The van der Waals surface area contributed by atoms with Crippen molar-refractivity contribution in [1.29, 1.82) is 0 Å². The molecule has 1 amide bonds. The zero-order chi connectivity index (χ0) is 23.1. The number of nitrogens with zero attached hydrogens (tertiary/aromatic N) is 3. The minimum Gasteiger partial charge on any atom is -0.345 e. The first-order chi connectivity index (χ1) is 15.0. The summed E-state index contributed by atoms with van der Waals surface area (Å²) in [6.07, 6.45) is 2.54. The molecular weight excluding hydrogens is 470 g/mol. The Kier molecular flexibility index (Phi) is 5.99. The van der Waals surface area contributed by atoms with Crippen LogP contribution in [0.3, 0.4) is 0 Å². The number of anilines is 1. The summed E-state index contributed by atoms with van der Waals surface area (Å²) >= 11 is 1.45. The molecule has 1 aliphatic rings. The third-order valence-corrected chi connectivity index (χ3v) is 8.72. The van der Waals surface area contributed by atoms with Crippen LogP contribution in [0.2, 0.25) is 0 Å². The summed E-state index contributed by atoms with van der Waals surface area (Å²) in [6, 6.07) is 11.5. The van der Waals surface area contributed by atoms with E-state index in [1.807, 2.05) is 6.07 Å². The van der Waals surface area contributed by atoms with E-state index in [-0.39, 0.29) is 22.1 Å². The molecule has 0 spiro atoms. The molecule has 0 radical (unpaired) electrons. The van der Waals surface area contributed by atoms with Gasteiger partial charge in [0.05, 0.1) is 20.9 Å². The van der Waals surface area contributed by atoms with Crippen LogP contribution in [-0.2, 0) is 30.9 Å². The fourth-order valence-corrected chi connectivity index (χ4v) is 6.21. The lowest BCUT2D eigenvalue weighted by molar-refractivity contribution is -0.130. The number of fused-ring (bicyclic) bond motifs is 1. The number of rotatable bonds is 5. The molecule has 8 nitrogen and oxygen atoms in total. The molecule has 0 N–H and O–H groups in total. The number of aromatic nitrogens is 1. The molecule has 0 bridgehead atoms. The Balaban J connectivity index is 1.41. The normalized spacial score (nSPS) is 15.3. The van der Waals surface area contributed by atoms with Crippen LogP contribution in [0.5, 0.6) is 0 Å². The van der Waals surface area contributed by atoms with E-state index in [2.05, 4.69) is 9.88 Å². The van der Waals surface area contributed by atoms with Gasteiger partial charge in [-0.25, -0.2) is 21.8 Å². The van der Waals surface area contributed by atoms with Gasteiger partial charge in [0.2, 0.25) is 5.91 Å². The lowest BCUT2D eigenvalue weighted by Crippen LogP contribution is -2.49. The van der Waals surface area contributed by atoms with Crippen LogP contribution in [0.4, 0.5) is 5.13 Å². The summed E-state index contributed by atoms with van der Waals surface area (Å²) in [5.41, 5.74) is 1.26. The van der Waals surface area contributed by atoms with Crippen molar-refractivity contribution in [1.82, 2.24) is 9.88 Å². The highest BCUT2D eigenvalue weighted by Crippen LogP contribution is 2.33. The van der Waals surface area contributed by atoms with Gasteiger partial charge in [0.25, 0.3) is 0 Å². The Morgan fingerprint density at radius 1 is 0.938 bits per heavy atom. The van der Waals surface area contributed by atoms with Gasteiger partial charge in [0, 0.05) is 38.7 Å². The Labute approximate surface area is 191 Å². The minimum atomic E-state index is -3.37. The van der Waals surface area contributed by atoms with Crippen LogP contribution < -0.4 is 4.90 Å². The second kappa shape index (κ2) is 8.45. The van der Waals surface area contributed by atoms with E-state index in [1.165, 1.54) is 29.7 Å². The maximum atomic E-state index is 12.7. The maximum Gasteiger partial charge on any atom is 0.227 e. The number of hydrogen-bond acceptors (Lipinski definition) is 8. The zero-order valence-corrected chi connectivity index (χ0v) is 20.1. The van der Waals surface area contributed by atoms with Gasteiger partial charge in [-0.2, -0.15) is 0 Å². The summed E-state index contributed by atoms with van der Waals surface area (Å²) in [7, 11) is -6.63. The standard InChI is InChI=1S/C21H23N3O5S3/c1-31(26,27)16-8-6-15(7-9-16)14-19(25)23-10-12-24(13-11-23)21-22-20-17(30-21)4-3-5-18(20)32(2,28)29/h3-9H,10-14H2,1-2H3. The summed E-state index contributed by atoms with van der Waals surface area (Å²) in [6.45, 7) is 2.28. The Bertz CT molecular complexity index is 1370. The zero-order valence-electron chi connectivity index (χ0n) is 17.7. The molecule has 0 unspecified atom stereocenters. The molecule has 170 valence electrons. The van der Waals surface area contributed by atoms with Crippen LogP contribution in [0.15, 0.2) is 52.3 Å². The van der Waals surface area contributed by atoms with E-state index >= 15 is 0 Å². The van der Waals surface area contributed by atoms with E-state index in [4.69, 9.17) is 0 Å². The number of carbonyl (C=O) groups is 1. The van der Waals surface area contributed by atoms with E-state index < -0.39 is 19.7 Å². The first-order valence-corrected chi connectivity index (χ1v) is 14.5. The highest BCUT2D eigenvalue weighted by atomic mass is 32.2. The van der Waals surface area contributed by atoms with Gasteiger partial charge in [-0.05, 0) is 29.8 Å². The molecule has 0 aliphatic carbocycles. The molecule has 1 aliphatic heterocycles. The van der Waals surface area contributed by atoms with Crippen molar-refractivity contribution in [3.63, 3.8) is 0 Å². The van der Waals surface area contributed by atoms with E-state index in [1.54, 1.807) is 29.2 Å². The van der Waals surface area contributed by atoms with Crippen LogP contribution >= 0.6 is 11.3 Å². The number of piperazine rings is 1. The molecule has 0 saturated carbocycles. The molecule has 4 rings (SSSR count). The molecule has 2 aromatic carbocycles.